The number of hydrogen-bond donors (Lipinski definition) is 2. The monoisotopic (exact) mass is 349 g/mol. The molecule has 23 heavy (non-hydrogen) atoms. The zero-order valence-electron chi connectivity index (χ0n) is 12.0. The van der Waals surface area contributed by atoms with Gasteiger partial charge in [-0.05, 0) is 31.7 Å². The molecular weight excluding hydrogens is 334 g/mol. The third kappa shape index (κ3) is 2.79. The molecule has 0 bridgehead atoms. The van der Waals surface area contributed by atoms with E-state index in [0.29, 0.717) is 31.4 Å². The predicted octanol–water partition coefficient (Wildman–Crippen LogP) is 2.48. The van der Waals surface area contributed by atoms with Gasteiger partial charge in [0, 0.05) is 17.7 Å². The largest absolute Gasteiger partial charge is 0.337 e. The Kier molecular flexibility index (Phi) is 4.02. The van der Waals surface area contributed by atoms with E-state index in [-0.39, 0.29) is 18.0 Å². The summed E-state index contributed by atoms with van der Waals surface area (Å²) in [6.07, 6.45) is 1.33. The van der Waals surface area contributed by atoms with Gasteiger partial charge in [0.05, 0.1) is 6.04 Å². The summed E-state index contributed by atoms with van der Waals surface area (Å²) in [5, 5.41) is 0. The van der Waals surface area contributed by atoms with E-state index in [1.807, 2.05) is 0 Å². The van der Waals surface area contributed by atoms with Gasteiger partial charge in [0.15, 0.2) is 11.6 Å². The van der Waals surface area contributed by atoms with Gasteiger partial charge >= 0.3 is 7.60 Å². The molecule has 1 amide bonds. The first kappa shape index (κ1) is 16.5. The second-order valence-electron chi connectivity index (χ2n) is 5.96. The molecule has 2 saturated heterocycles. The molecule has 9 heteroatoms. The fourth-order valence-electron chi connectivity index (χ4n) is 3.56. The van der Waals surface area contributed by atoms with Crippen LogP contribution in [-0.4, -0.2) is 32.3 Å². The molecule has 0 spiro atoms. The summed E-state index contributed by atoms with van der Waals surface area (Å²) in [4.78, 5) is 32.3. The van der Waals surface area contributed by atoms with Crippen molar-refractivity contribution in [3.8, 4) is 0 Å². The van der Waals surface area contributed by atoms with Gasteiger partial charge in [0.2, 0.25) is 5.91 Å². The van der Waals surface area contributed by atoms with Gasteiger partial charge in [-0.25, -0.2) is 13.2 Å². The molecule has 0 saturated carbocycles. The molecular formula is C14H15F3NO4P. The third-order valence-electron chi connectivity index (χ3n) is 4.62. The number of fused-ring (bicyclic) bond motifs is 1. The number of nitrogens with zero attached hydrogens (tertiary/aromatic N) is 1. The van der Waals surface area contributed by atoms with Crippen LogP contribution < -0.4 is 0 Å². The summed E-state index contributed by atoms with van der Waals surface area (Å²) in [5.41, 5.74) is -1.61. The van der Waals surface area contributed by atoms with E-state index in [9.17, 15) is 32.3 Å². The summed E-state index contributed by atoms with van der Waals surface area (Å²) in [6.45, 7) is 0. The molecule has 2 heterocycles. The van der Waals surface area contributed by atoms with E-state index in [1.54, 1.807) is 0 Å². The smallest absolute Gasteiger partial charge is 0.332 e. The standard InChI is InChI=1S/C14H15F3NO4P/c15-9-6-11(17)10(16)5-8(9)12-3-1-7-2-4-13(23(20,21)22)14(19)18(7)12/h5-7,12-13H,1-4H2,(H2,20,21,22)/t7-,12+,13?/m1/s1. The zero-order valence-corrected chi connectivity index (χ0v) is 12.8. The molecule has 1 unspecified atom stereocenters. The van der Waals surface area contributed by atoms with Crippen LogP contribution in [0.15, 0.2) is 12.1 Å². The highest BCUT2D eigenvalue weighted by molar-refractivity contribution is 7.53. The van der Waals surface area contributed by atoms with Crippen LogP contribution in [0.25, 0.3) is 0 Å². The Morgan fingerprint density at radius 2 is 1.61 bits per heavy atom. The van der Waals surface area contributed by atoms with Gasteiger partial charge in [-0.3, -0.25) is 9.36 Å². The highest BCUT2D eigenvalue weighted by atomic mass is 31.2. The Morgan fingerprint density at radius 1 is 1.00 bits per heavy atom. The molecule has 1 aromatic carbocycles. The maximum Gasteiger partial charge on any atom is 0.337 e. The minimum absolute atomic E-state index is 0.0667. The third-order valence-corrected chi connectivity index (χ3v) is 5.91. The SMILES string of the molecule is O=C1C(P(=O)(O)O)CC[C@H]2CC[C@@H](c3cc(F)c(F)cc3F)N12. The van der Waals surface area contributed by atoms with Gasteiger partial charge in [-0.1, -0.05) is 0 Å². The fraction of sp³-hybridized carbons (Fsp3) is 0.500. The molecule has 126 valence electrons. The van der Waals surface area contributed by atoms with Crippen molar-refractivity contribution in [2.75, 3.05) is 0 Å². The molecule has 0 aliphatic carbocycles. The second-order valence-corrected chi connectivity index (χ2v) is 7.76. The molecule has 2 fully saturated rings. The average Bonchev–Trinajstić information content (AvgIpc) is 2.86. The van der Waals surface area contributed by atoms with Crippen molar-refractivity contribution < 1.29 is 32.3 Å². The van der Waals surface area contributed by atoms with Gasteiger partial charge in [0.25, 0.3) is 0 Å². The number of carbonyl (C=O) groups excluding carboxylic acids is 1. The number of hydrogen-bond acceptors (Lipinski definition) is 2. The van der Waals surface area contributed by atoms with Gasteiger partial charge in [-0.15, -0.1) is 0 Å². The summed E-state index contributed by atoms with van der Waals surface area (Å²) < 4.78 is 52.0. The maximum absolute atomic E-state index is 14.0. The lowest BCUT2D eigenvalue weighted by atomic mass is 10.0. The van der Waals surface area contributed by atoms with Crippen LogP contribution in [0.4, 0.5) is 13.2 Å². The zero-order chi connectivity index (χ0) is 16.9. The van der Waals surface area contributed by atoms with Gasteiger partial charge < -0.3 is 14.7 Å². The Labute approximate surface area is 130 Å². The van der Waals surface area contributed by atoms with Crippen molar-refractivity contribution in [1.82, 2.24) is 4.90 Å². The van der Waals surface area contributed by atoms with Crippen LogP contribution >= 0.6 is 7.60 Å². The minimum atomic E-state index is -4.61. The lowest BCUT2D eigenvalue weighted by molar-refractivity contribution is -0.136. The molecule has 5 nitrogen and oxygen atoms in total. The Bertz CT molecular complexity index is 708. The van der Waals surface area contributed by atoms with Crippen molar-refractivity contribution in [3.05, 3.63) is 35.1 Å². The molecule has 3 atom stereocenters. The molecule has 0 aromatic heterocycles. The van der Waals surface area contributed by atoms with Crippen molar-refractivity contribution in [2.24, 2.45) is 0 Å². The van der Waals surface area contributed by atoms with Gasteiger partial charge in [-0.2, -0.15) is 0 Å². The molecule has 0 radical (unpaired) electrons. The molecule has 3 rings (SSSR count). The van der Waals surface area contributed by atoms with Gasteiger partial charge in [0.1, 0.15) is 11.5 Å². The second kappa shape index (κ2) is 5.61. The lowest BCUT2D eigenvalue weighted by Crippen LogP contribution is -2.47. The van der Waals surface area contributed by atoms with E-state index >= 15 is 0 Å². The van der Waals surface area contributed by atoms with E-state index in [0.717, 1.165) is 0 Å². The first-order valence-electron chi connectivity index (χ1n) is 7.22. The highest BCUT2D eigenvalue weighted by Crippen LogP contribution is 2.51. The Balaban J connectivity index is 1.98. The first-order valence-corrected chi connectivity index (χ1v) is 8.90. The van der Waals surface area contributed by atoms with E-state index in [4.69, 9.17) is 0 Å². The minimum Gasteiger partial charge on any atom is -0.332 e. The molecule has 2 aliphatic heterocycles. The van der Waals surface area contributed by atoms with Crippen LogP contribution in [0, 0.1) is 17.5 Å². The summed E-state index contributed by atoms with van der Waals surface area (Å²) >= 11 is 0. The number of benzene rings is 1. The van der Waals surface area contributed by atoms with Crippen LogP contribution in [0.1, 0.15) is 37.3 Å². The van der Waals surface area contributed by atoms with Crippen LogP contribution in [0.5, 0.6) is 0 Å². The lowest BCUT2D eigenvalue weighted by Gasteiger charge is -2.38. The summed E-state index contributed by atoms with van der Waals surface area (Å²) in [7, 11) is -4.61. The normalized spacial score (nSPS) is 28.1. The number of carbonyl (C=O) groups is 1. The van der Waals surface area contributed by atoms with Crippen molar-refractivity contribution in [1.29, 1.82) is 0 Å². The Hall–Kier alpha value is -1.37. The highest BCUT2D eigenvalue weighted by Gasteiger charge is 2.49. The summed E-state index contributed by atoms with van der Waals surface area (Å²) in [6, 6.07) is 0.0404. The van der Waals surface area contributed by atoms with E-state index in [2.05, 4.69) is 0 Å². The van der Waals surface area contributed by atoms with E-state index in [1.165, 1.54) is 4.90 Å². The average molecular weight is 349 g/mol. The molecule has 1 aromatic rings. The first-order chi connectivity index (χ1) is 10.7. The number of halogens is 3. The van der Waals surface area contributed by atoms with Crippen LogP contribution in [0.3, 0.4) is 0 Å². The van der Waals surface area contributed by atoms with E-state index < -0.39 is 42.7 Å². The van der Waals surface area contributed by atoms with Crippen LogP contribution in [0.2, 0.25) is 0 Å². The number of rotatable bonds is 2. The van der Waals surface area contributed by atoms with Crippen LogP contribution in [-0.2, 0) is 9.36 Å². The predicted molar refractivity (Wildman–Crippen MR) is 74.0 cm³/mol. The maximum atomic E-state index is 14.0. The topological polar surface area (TPSA) is 77.8 Å². The van der Waals surface area contributed by atoms with Crippen molar-refractivity contribution in [3.63, 3.8) is 0 Å². The fourth-order valence-corrected chi connectivity index (χ4v) is 4.46. The van der Waals surface area contributed by atoms with Crippen molar-refractivity contribution >= 4 is 13.5 Å². The Morgan fingerprint density at radius 3 is 2.26 bits per heavy atom. The quantitative estimate of drug-likeness (QED) is 0.635. The van der Waals surface area contributed by atoms with Crippen molar-refractivity contribution in [2.45, 2.75) is 43.4 Å². The number of piperidine rings is 1. The molecule has 2 N–H and O–H groups in total. The molecule has 2 aliphatic rings. The number of amides is 1. The summed E-state index contributed by atoms with van der Waals surface area (Å²) in [5.74, 6) is -4.26.